The third kappa shape index (κ3) is 3.18. The molecule has 3 N–H and O–H groups in total. The van der Waals surface area contributed by atoms with Crippen LogP contribution in [0.2, 0.25) is 0 Å². The minimum atomic E-state index is 0.302. The topological polar surface area (TPSA) is 86.0 Å². The molecular weight excluding hydrogens is 314 g/mol. The number of nitrogen functional groups attached to an aromatic ring is 1. The number of nitrogens with one attached hydrogen (secondary N) is 1. The van der Waals surface area contributed by atoms with Gasteiger partial charge in [-0.3, -0.25) is 4.98 Å². The van der Waals surface area contributed by atoms with E-state index in [1.54, 1.807) is 12.4 Å². The van der Waals surface area contributed by atoms with Crippen molar-refractivity contribution in [2.75, 3.05) is 11.1 Å². The molecule has 25 heavy (non-hydrogen) atoms. The third-order valence-corrected chi connectivity index (χ3v) is 3.71. The van der Waals surface area contributed by atoms with E-state index in [1.165, 1.54) is 6.33 Å². The molecule has 0 saturated heterocycles. The van der Waals surface area contributed by atoms with Gasteiger partial charge >= 0.3 is 0 Å². The van der Waals surface area contributed by atoms with Crippen LogP contribution in [0.15, 0.2) is 73.3 Å². The minimum Gasteiger partial charge on any atom is -0.437 e. The zero-order valence-electron chi connectivity index (χ0n) is 13.3. The largest absolute Gasteiger partial charge is 0.437 e. The maximum absolute atomic E-state index is 6.16. The fourth-order valence-corrected chi connectivity index (χ4v) is 2.48. The number of fused-ring (bicyclic) bond motifs is 1. The van der Waals surface area contributed by atoms with E-state index in [0.29, 0.717) is 23.1 Å². The molecule has 0 radical (unpaired) electrons. The van der Waals surface area contributed by atoms with E-state index < -0.39 is 0 Å². The molecule has 2 aromatic heterocycles. The quantitative estimate of drug-likeness (QED) is 0.585. The minimum absolute atomic E-state index is 0.302. The monoisotopic (exact) mass is 329 g/mol. The van der Waals surface area contributed by atoms with Gasteiger partial charge in [-0.1, -0.05) is 30.3 Å². The molecule has 0 saturated carbocycles. The van der Waals surface area contributed by atoms with E-state index in [1.807, 2.05) is 54.6 Å². The molecule has 0 spiro atoms. The van der Waals surface area contributed by atoms with Crippen LogP contribution in [0.1, 0.15) is 0 Å². The Balaban J connectivity index is 1.62. The Bertz CT molecular complexity index is 1020. The summed E-state index contributed by atoms with van der Waals surface area (Å²) in [5.74, 6) is 1.44. The first kappa shape index (κ1) is 14.9. The highest BCUT2D eigenvalue weighted by atomic mass is 16.5. The van der Waals surface area contributed by atoms with E-state index in [0.717, 1.165) is 16.5 Å². The van der Waals surface area contributed by atoms with Crippen molar-refractivity contribution in [1.82, 2.24) is 15.0 Å². The second kappa shape index (κ2) is 6.45. The van der Waals surface area contributed by atoms with Crippen LogP contribution in [0.25, 0.3) is 10.8 Å². The van der Waals surface area contributed by atoms with Gasteiger partial charge in [-0.25, -0.2) is 4.98 Å². The molecule has 0 unspecified atom stereocenters. The Morgan fingerprint density at radius 1 is 0.920 bits per heavy atom. The van der Waals surface area contributed by atoms with E-state index in [4.69, 9.17) is 10.5 Å². The predicted molar refractivity (Wildman–Crippen MR) is 98.0 cm³/mol. The van der Waals surface area contributed by atoms with Gasteiger partial charge in [0.05, 0.1) is 11.9 Å². The van der Waals surface area contributed by atoms with Crippen molar-refractivity contribution >= 4 is 28.0 Å². The van der Waals surface area contributed by atoms with Gasteiger partial charge in [-0.15, -0.1) is 0 Å². The Hall–Kier alpha value is -3.67. The Morgan fingerprint density at radius 2 is 1.80 bits per heavy atom. The Labute approximate surface area is 144 Å². The number of nitrogens with two attached hydrogens (primary N) is 1. The highest BCUT2D eigenvalue weighted by molar-refractivity contribution is 5.84. The lowest BCUT2D eigenvalue weighted by Gasteiger charge is -2.12. The van der Waals surface area contributed by atoms with Crippen LogP contribution in [0.4, 0.5) is 17.2 Å². The van der Waals surface area contributed by atoms with Crippen LogP contribution < -0.4 is 15.8 Å². The summed E-state index contributed by atoms with van der Waals surface area (Å²) in [5, 5.41) is 5.34. The van der Waals surface area contributed by atoms with E-state index in [-0.39, 0.29) is 0 Å². The molecule has 0 bridgehead atoms. The number of rotatable bonds is 4. The molecule has 2 aromatic carbocycles. The van der Waals surface area contributed by atoms with Crippen LogP contribution in [0.3, 0.4) is 0 Å². The molecule has 122 valence electrons. The average Bonchev–Trinajstić information content (AvgIpc) is 2.66. The normalized spacial score (nSPS) is 10.6. The summed E-state index contributed by atoms with van der Waals surface area (Å²) >= 11 is 0. The SMILES string of the molecule is Nc1c(Nc2cccnc2)ncnc1Oc1ccc2ccccc2c1. The summed E-state index contributed by atoms with van der Waals surface area (Å²) in [5.41, 5.74) is 7.27. The molecular formula is C19H15N5O. The Kier molecular flexibility index (Phi) is 3.84. The molecule has 4 aromatic rings. The van der Waals surface area contributed by atoms with Crippen molar-refractivity contribution in [3.8, 4) is 11.6 Å². The fraction of sp³-hybridized carbons (Fsp3) is 0. The highest BCUT2D eigenvalue weighted by Gasteiger charge is 2.11. The Morgan fingerprint density at radius 3 is 2.64 bits per heavy atom. The molecule has 0 aliphatic rings. The number of pyridine rings is 1. The number of aromatic nitrogens is 3. The van der Waals surface area contributed by atoms with Crippen molar-refractivity contribution in [2.24, 2.45) is 0 Å². The smallest absolute Gasteiger partial charge is 0.248 e. The van der Waals surface area contributed by atoms with E-state index in [9.17, 15) is 0 Å². The summed E-state index contributed by atoms with van der Waals surface area (Å²) in [6, 6.07) is 17.6. The number of ether oxygens (including phenoxy) is 1. The number of hydrogen-bond acceptors (Lipinski definition) is 6. The summed E-state index contributed by atoms with van der Waals surface area (Å²) in [6.07, 6.45) is 4.79. The van der Waals surface area contributed by atoms with Crippen molar-refractivity contribution < 1.29 is 4.74 Å². The van der Waals surface area contributed by atoms with Gasteiger partial charge in [0.2, 0.25) is 5.88 Å². The lowest BCUT2D eigenvalue weighted by molar-refractivity contribution is 0.465. The van der Waals surface area contributed by atoms with Gasteiger partial charge in [-0.05, 0) is 35.0 Å². The second-order valence-corrected chi connectivity index (χ2v) is 5.42. The van der Waals surface area contributed by atoms with Crippen LogP contribution in [0, 0.1) is 0 Å². The third-order valence-electron chi connectivity index (χ3n) is 3.71. The van der Waals surface area contributed by atoms with E-state index in [2.05, 4.69) is 20.3 Å². The molecule has 0 fully saturated rings. The zero-order valence-corrected chi connectivity index (χ0v) is 13.3. The first-order valence-electron chi connectivity index (χ1n) is 7.74. The molecule has 6 heteroatoms. The van der Waals surface area contributed by atoms with Gasteiger partial charge in [0.25, 0.3) is 0 Å². The van der Waals surface area contributed by atoms with Crippen LogP contribution in [0.5, 0.6) is 11.6 Å². The number of anilines is 3. The van der Waals surface area contributed by atoms with Crippen LogP contribution in [-0.4, -0.2) is 15.0 Å². The molecule has 2 heterocycles. The fourth-order valence-electron chi connectivity index (χ4n) is 2.48. The van der Waals surface area contributed by atoms with Crippen LogP contribution in [-0.2, 0) is 0 Å². The zero-order chi connectivity index (χ0) is 17.1. The van der Waals surface area contributed by atoms with Gasteiger partial charge in [-0.2, -0.15) is 4.98 Å². The molecule has 4 rings (SSSR count). The number of nitrogens with zero attached hydrogens (tertiary/aromatic N) is 3. The van der Waals surface area contributed by atoms with Crippen molar-refractivity contribution in [3.63, 3.8) is 0 Å². The van der Waals surface area contributed by atoms with Gasteiger partial charge in [0.15, 0.2) is 5.82 Å². The van der Waals surface area contributed by atoms with Gasteiger partial charge < -0.3 is 15.8 Å². The molecule has 6 nitrogen and oxygen atoms in total. The van der Waals surface area contributed by atoms with Gasteiger partial charge in [0, 0.05) is 6.20 Å². The summed E-state index contributed by atoms with van der Waals surface area (Å²) in [6.45, 7) is 0. The first-order valence-corrected chi connectivity index (χ1v) is 7.74. The van der Waals surface area contributed by atoms with Gasteiger partial charge in [0.1, 0.15) is 17.8 Å². The highest BCUT2D eigenvalue weighted by Crippen LogP contribution is 2.31. The molecule has 0 aliphatic carbocycles. The van der Waals surface area contributed by atoms with Crippen molar-refractivity contribution in [1.29, 1.82) is 0 Å². The maximum atomic E-state index is 6.16. The van der Waals surface area contributed by atoms with Crippen molar-refractivity contribution in [2.45, 2.75) is 0 Å². The van der Waals surface area contributed by atoms with Crippen molar-refractivity contribution in [3.05, 3.63) is 73.3 Å². The second-order valence-electron chi connectivity index (χ2n) is 5.42. The molecule has 0 amide bonds. The predicted octanol–water partition coefficient (Wildman–Crippen LogP) is 4.14. The first-order chi connectivity index (χ1) is 12.3. The lowest BCUT2D eigenvalue weighted by Crippen LogP contribution is -2.03. The summed E-state index contributed by atoms with van der Waals surface area (Å²) in [7, 11) is 0. The standard InChI is InChI=1S/C19H15N5O/c20-17-18(24-15-6-3-9-21-11-15)22-12-23-19(17)25-16-8-7-13-4-1-2-5-14(13)10-16/h1-12H,20H2,(H,22,23,24). The average molecular weight is 329 g/mol. The lowest BCUT2D eigenvalue weighted by atomic mass is 10.1. The van der Waals surface area contributed by atoms with E-state index >= 15 is 0 Å². The number of benzene rings is 2. The van der Waals surface area contributed by atoms with Crippen LogP contribution >= 0.6 is 0 Å². The molecule has 0 atom stereocenters. The molecule has 0 aliphatic heterocycles. The maximum Gasteiger partial charge on any atom is 0.248 e. The number of hydrogen-bond donors (Lipinski definition) is 2. The summed E-state index contributed by atoms with van der Waals surface area (Å²) in [4.78, 5) is 12.4. The summed E-state index contributed by atoms with van der Waals surface area (Å²) < 4.78 is 5.86.